The number of aliphatic hydroxyl groups is 1. The van der Waals surface area contributed by atoms with Gasteiger partial charge >= 0.3 is 0 Å². The van der Waals surface area contributed by atoms with Crippen LogP contribution in [0, 0.1) is 10.1 Å². The highest BCUT2D eigenvalue weighted by atomic mass is 28.4. The molecule has 0 saturated heterocycles. The Hall–Kier alpha value is -0.463. The zero-order valence-electron chi connectivity index (χ0n) is 12.2. The summed E-state index contributed by atoms with van der Waals surface area (Å²) in [5, 5.41) is 19.7. The average molecular weight is 277 g/mol. The van der Waals surface area contributed by atoms with Crippen molar-refractivity contribution in [3.63, 3.8) is 0 Å². The lowest BCUT2D eigenvalue weighted by atomic mass is 10.1. The van der Waals surface area contributed by atoms with Crippen LogP contribution in [0.1, 0.15) is 40.0 Å². The van der Waals surface area contributed by atoms with Crippen LogP contribution in [0.25, 0.3) is 0 Å². The topological polar surface area (TPSA) is 72.6 Å². The molecule has 1 atom stereocenters. The maximum absolute atomic E-state index is 10.2. The Labute approximate surface area is 111 Å². The fraction of sp³-hybridized carbons (Fsp3) is 1.00. The first-order chi connectivity index (χ1) is 8.06. The van der Waals surface area contributed by atoms with Crippen LogP contribution < -0.4 is 0 Å². The lowest BCUT2D eigenvalue weighted by Gasteiger charge is -2.36. The number of aliphatic hydroxyl groups excluding tert-OH is 1. The highest BCUT2D eigenvalue weighted by molar-refractivity contribution is 6.74. The summed E-state index contributed by atoms with van der Waals surface area (Å²) in [5.41, 5.74) is 0. The molecule has 0 saturated carbocycles. The summed E-state index contributed by atoms with van der Waals surface area (Å²) >= 11 is 0. The molecule has 108 valence electrons. The van der Waals surface area contributed by atoms with Gasteiger partial charge in [-0.1, -0.05) is 20.8 Å². The van der Waals surface area contributed by atoms with Gasteiger partial charge in [0.2, 0.25) is 6.54 Å². The van der Waals surface area contributed by atoms with E-state index in [1.54, 1.807) is 0 Å². The van der Waals surface area contributed by atoms with E-state index in [2.05, 4.69) is 33.9 Å². The molecule has 0 heterocycles. The number of hydrogen-bond donors (Lipinski definition) is 1. The first kappa shape index (κ1) is 17.5. The lowest BCUT2D eigenvalue weighted by molar-refractivity contribution is -0.490. The lowest BCUT2D eigenvalue weighted by Crippen LogP contribution is -2.40. The summed E-state index contributed by atoms with van der Waals surface area (Å²) < 4.78 is 5.98. The summed E-state index contributed by atoms with van der Waals surface area (Å²) in [5.74, 6) is 0. The van der Waals surface area contributed by atoms with Crippen molar-refractivity contribution in [2.24, 2.45) is 0 Å². The third-order valence-electron chi connectivity index (χ3n) is 3.56. The van der Waals surface area contributed by atoms with Crippen LogP contribution in [0.15, 0.2) is 0 Å². The molecule has 0 aliphatic carbocycles. The number of rotatable bonds is 8. The molecule has 0 aromatic rings. The van der Waals surface area contributed by atoms with Crippen LogP contribution in [0.2, 0.25) is 18.1 Å². The van der Waals surface area contributed by atoms with Crippen molar-refractivity contribution in [2.75, 3.05) is 13.2 Å². The van der Waals surface area contributed by atoms with Gasteiger partial charge in [0.1, 0.15) is 6.10 Å². The largest absolute Gasteiger partial charge is 0.417 e. The Kier molecular flexibility index (Phi) is 7.02. The summed E-state index contributed by atoms with van der Waals surface area (Å²) in [6.45, 7) is 11.3. The van der Waals surface area contributed by atoms with Crippen LogP contribution in [0.5, 0.6) is 0 Å². The van der Waals surface area contributed by atoms with Gasteiger partial charge in [0, 0.05) is 11.5 Å². The minimum absolute atomic E-state index is 0.206. The van der Waals surface area contributed by atoms with E-state index < -0.39 is 19.3 Å². The first-order valence-electron chi connectivity index (χ1n) is 6.50. The average Bonchev–Trinajstić information content (AvgIpc) is 2.13. The molecule has 0 spiro atoms. The van der Waals surface area contributed by atoms with Crippen molar-refractivity contribution in [3.8, 4) is 0 Å². The van der Waals surface area contributed by atoms with Crippen LogP contribution >= 0.6 is 0 Å². The Balaban J connectivity index is 3.72. The van der Waals surface area contributed by atoms with E-state index in [9.17, 15) is 15.2 Å². The van der Waals surface area contributed by atoms with Gasteiger partial charge in [-0.05, 0) is 37.4 Å². The fourth-order valence-electron chi connectivity index (χ4n) is 1.29. The van der Waals surface area contributed by atoms with Crippen LogP contribution in [0.3, 0.4) is 0 Å². The van der Waals surface area contributed by atoms with Crippen molar-refractivity contribution in [1.82, 2.24) is 0 Å². The number of nitro groups is 1. The smallest absolute Gasteiger partial charge is 0.229 e. The van der Waals surface area contributed by atoms with E-state index in [1.807, 2.05) is 0 Å². The van der Waals surface area contributed by atoms with Gasteiger partial charge < -0.3 is 9.53 Å². The normalized spacial score (nSPS) is 14.6. The standard InChI is InChI=1S/C12H27NO4Si/c1-12(2,3)18(4,5)17-9-7-6-8-11(14)10-13(15)16/h11,14H,6-10H2,1-5H3. The summed E-state index contributed by atoms with van der Waals surface area (Å²) in [6.07, 6.45) is 1.26. The Bertz CT molecular complexity index is 263. The second-order valence-corrected chi connectivity index (χ2v) is 11.1. The molecule has 0 aromatic heterocycles. The van der Waals surface area contributed by atoms with Gasteiger partial charge in [-0.2, -0.15) is 0 Å². The van der Waals surface area contributed by atoms with E-state index in [1.165, 1.54) is 0 Å². The van der Waals surface area contributed by atoms with E-state index in [4.69, 9.17) is 4.43 Å². The highest BCUT2D eigenvalue weighted by Crippen LogP contribution is 2.36. The van der Waals surface area contributed by atoms with Crippen LogP contribution in [0.4, 0.5) is 0 Å². The van der Waals surface area contributed by atoms with Gasteiger partial charge in [0.15, 0.2) is 8.32 Å². The van der Waals surface area contributed by atoms with E-state index in [0.29, 0.717) is 13.0 Å². The third kappa shape index (κ3) is 7.08. The molecule has 6 heteroatoms. The minimum atomic E-state index is -1.68. The number of nitrogens with zero attached hydrogens (tertiary/aromatic N) is 1. The minimum Gasteiger partial charge on any atom is -0.417 e. The molecule has 0 rings (SSSR count). The predicted octanol–water partition coefficient (Wildman–Crippen LogP) is 2.82. The van der Waals surface area contributed by atoms with Gasteiger partial charge in [-0.15, -0.1) is 0 Å². The molecule has 0 radical (unpaired) electrons. The Morgan fingerprint density at radius 2 is 1.89 bits per heavy atom. The van der Waals surface area contributed by atoms with Crippen LogP contribution in [-0.4, -0.2) is 37.6 Å². The van der Waals surface area contributed by atoms with E-state index >= 15 is 0 Å². The molecular formula is C12H27NO4Si. The molecule has 0 fully saturated rings. The van der Waals surface area contributed by atoms with Gasteiger partial charge in [-0.25, -0.2) is 0 Å². The molecule has 0 amide bonds. The fourth-order valence-corrected chi connectivity index (χ4v) is 2.38. The third-order valence-corrected chi connectivity index (χ3v) is 8.10. The number of unbranched alkanes of at least 4 members (excludes halogenated alkanes) is 1. The SMILES string of the molecule is CC(C)(C)[Si](C)(C)OCCCCC(O)C[N+](=O)[O-]. The number of hydrogen-bond acceptors (Lipinski definition) is 4. The Morgan fingerprint density at radius 1 is 1.33 bits per heavy atom. The summed E-state index contributed by atoms with van der Waals surface area (Å²) in [7, 11) is -1.68. The Morgan fingerprint density at radius 3 is 2.33 bits per heavy atom. The maximum Gasteiger partial charge on any atom is 0.229 e. The van der Waals surface area contributed by atoms with Crippen LogP contribution in [-0.2, 0) is 4.43 Å². The molecular weight excluding hydrogens is 250 g/mol. The molecule has 1 N–H and O–H groups in total. The molecule has 0 aliphatic heterocycles. The molecule has 0 bridgehead atoms. The summed E-state index contributed by atoms with van der Waals surface area (Å²) in [6, 6.07) is 0. The van der Waals surface area contributed by atoms with Crippen molar-refractivity contribution in [2.45, 2.75) is 64.3 Å². The van der Waals surface area contributed by atoms with E-state index in [-0.39, 0.29) is 11.6 Å². The van der Waals surface area contributed by atoms with Crippen molar-refractivity contribution in [3.05, 3.63) is 10.1 Å². The second kappa shape index (κ2) is 7.21. The maximum atomic E-state index is 10.2. The molecule has 0 aliphatic rings. The zero-order valence-corrected chi connectivity index (χ0v) is 13.2. The molecule has 0 aromatic carbocycles. The van der Waals surface area contributed by atoms with E-state index in [0.717, 1.165) is 12.8 Å². The van der Waals surface area contributed by atoms with Gasteiger partial charge in [-0.3, -0.25) is 10.1 Å². The first-order valence-corrected chi connectivity index (χ1v) is 9.41. The molecule has 18 heavy (non-hydrogen) atoms. The summed E-state index contributed by atoms with van der Waals surface area (Å²) in [4.78, 5) is 9.69. The van der Waals surface area contributed by atoms with Gasteiger partial charge in [0.25, 0.3) is 0 Å². The van der Waals surface area contributed by atoms with Crippen molar-refractivity contribution >= 4 is 8.32 Å². The zero-order chi connectivity index (χ0) is 14.4. The monoisotopic (exact) mass is 277 g/mol. The quantitative estimate of drug-likeness (QED) is 0.320. The highest BCUT2D eigenvalue weighted by Gasteiger charge is 2.36. The molecule has 1 unspecified atom stereocenters. The van der Waals surface area contributed by atoms with Crippen molar-refractivity contribution in [1.29, 1.82) is 0 Å². The predicted molar refractivity (Wildman–Crippen MR) is 74.9 cm³/mol. The van der Waals surface area contributed by atoms with Crippen molar-refractivity contribution < 1.29 is 14.5 Å². The molecule has 5 nitrogen and oxygen atoms in total. The van der Waals surface area contributed by atoms with Gasteiger partial charge in [0.05, 0.1) is 0 Å². The second-order valence-electron chi connectivity index (χ2n) is 6.27.